The van der Waals surface area contributed by atoms with Crippen LogP contribution >= 0.6 is 12.2 Å². The van der Waals surface area contributed by atoms with Gasteiger partial charge in [0, 0.05) is 26.2 Å². The SMILES string of the molecule is COc1ccc(C)cc1NC(=S)N1CCN(C)CC1. The van der Waals surface area contributed by atoms with Gasteiger partial charge < -0.3 is 19.9 Å². The van der Waals surface area contributed by atoms with Crippen molar-refractivity contribution in [1.82, 2.24) is 9.80 Å². The smallest absolute Gasteiger partial charge is 0.173 e. The number of hydrogen-bond acceptors (Lipinski definition) is 3. The molecule has 0 unspecified atom stereocenters. The molecule has 1 saturated heterocycles. The van der Waals surface area contributed by atoms with Gasteiger partial charge in [0.2, 0.25) is 0 Å². The average molecular weight is 279 g/mol. The van der Waals surface area contributed by atoms with E-state index in [9.17, 15) is 0 Å². The van der Waals surface area contributed by atoms with Crippen molar-refractivity contribution < 1.29 is 4.74 Å². The summed E-state index contributed by atoms with van der Waals surface area (Å²) in [5.41, 5.74) is 2.12. The number of nitrogens with zero attached hydrogens (tertiary/aromatic N) is 2. The quantitative estimate of drug-likeness (QED) is 0.835. The number of rotatable bonds is 2. The first-order valence-electron chi connectivity index (χ1n) is 6.49. The van der Waals surface area contributed by atoms with Crippen LogP contribution in [-0.2, 0) is 0 Å². The van der Waals surface area contributed by atoms with Crippen LogP contribution in [0.25, 0.3) is 0 Å². The number of ether oxygens (including phenoxy) is 1. The van der Waals surface area contributed by atoms with Gasteiger partial charge in [0.1, 0.15) is 5.75 Å². The molecule has 19 heavy (non-hydrogen) atoms. The molecule has 0 amide bonds. The molecule has 1 aliphatic rings. The largest absolute Gasteiger partial charge is 0.495 e. The first-order valence-corrected chi connectivity index (χ1v) is 6.90. The Morgan fingerprint density at radius 1 is 1.26 bits per heavy atom. The second-order valence-corrected chi connectivity index (χ2v) is 5.31. The van der Waals surface area contributed by atoms with Crippen LogP contribution in [0.4, 0.5) is 5.69 Å². The number of methoxy groups -OCH3 is 1. The van der Waals surface area contributed by atoms with Crippen molar-refractivity contribution in [2.45, 2.75) is 6.92 Å². The van der Waals surface area contributed by atoms with E-state index in [-0.39, 0.29) is 0 Å². The summed E-state index contributed by atoms with van der Waals surface area (Å²) in [6.07, 6.45) is 0. The van der Waals surface area contributed by atoms with E-state index in [2.05, 4.69) is 35.2 Å². The number of piperazine rings is 1. The highest BCUT2D eigenvalue weighted by Crippen LogP contribution is 2.25. The lowest BCUT2D eigenvalue weighted by molar-refractivity contribution is 0.217. The fourth-order valence-corrected chi connectivity index (χ4v) is 2.42. The number of hydrogen-bond donors (Lipinski definition) is 1. The van der Waals surface area contributed by atoms with Gasteiger partial charge in [-0.2, -0.15) is 0 Å². The van der Waals surface area contributed by atoms with Crippen molar-refractivity contribution in [2.75, 3.05) is 45.7 Å². The summed E-state index contributed by atoms with van der Waals surface area (Å²) >= 11 is 5.49. The summed E-state index contributed by atoms with van der Waals surface area (Å²) in [7, 11) is 3.81. The number of nitrogens with one attached hydrogen (secondary N) is 1. The van der Waals surface area contributed by atoms with Crippen molar-refractivity contribution in [2.24, 2.45) is 0 Å². The van der Waals surface area contributed by atoms with Crippen LogP contribution in [-0.4, -0.2) is 55.2 Å². The molecular formula is C14H21N3OS. The molecule has 2 rings (SSSR count). The topological polar surface area (TPSA) is 27.7 Å². The number of anilines is 1. The second kappa shape index (κ2) is 6.21. The van der Waals surface area contributed by atoms with Gasteiger partial charge in [-0.15, -0.1) is 0 Å². The Morgan fingerprint density at radius 2 is 1.95 bits per heavy atom. The molecule has 1 aromatic carbocycles. The highest BCUT2D eigenvalue weighted by atomic mass is 32.1. The molecule has 0 spiro atoms. The van der Waals surface area contributed by atoms with Gasteiger partial charge in [-0.3, -0.25) is 0 Å². The minimum atomic E-state index is 0.775. The standard InChI is InChI=1S/C14H21N3OS/c1-11-4-5-13(18-3)12(10-11)15-14(19)17-8-6-16(2)7-9-17/h4-5,10H,6-9H2,1-3H3,(H,15,19). The van der Waals surface area contributed by atoms with E-state index in [1.54, 1.807) is 7.11 Å². The minimum Gasteiger partial charge on any atom is -0.495 e. The molecule has 5 heteroatoms. The van der Waals surface area contributed by atoms with Gasteiger partial charge in [-0.05, 0) is 43.9 Å². The summed E-state index contributed by atoms with van der Waals surface area (Å²) < 4.78 is 5.36. The number of thiocarbonyl (C=S) groups is 1. The molecular weight excluding hydrogens is 258 g/mol. The predicted molar refractivity (Wildman–Crippen MR) is 83.0 cm³/mol. The zero-order chi connectivity index (χ0) is 13.8. The third-order valence-corrected chi connectivity index (χ3v) is 3.75. The Bertz CT molecular complexity index is 456. The highest BCUT2D eigenvalue weighted by Gasteiger charge is 2.17. The molecule has 1 N–H and O–H groups in total. The summed E-state index contributed by atoms with van der Waals surface area (Å²) in [5.74, 6) is 0.821. The lowest BCUT2D eigenvalue weighted by Gasteiger charge is -2.34. The Morgan fingerprint density at radius 3 is 2.58 bits per heavy atom. The van der Waals surface area contributed by atoms with Gasteiger partial charge in [-0.1, -0.05) is 6.07 Å². The van der Waals surface area contributed by atoms with Crippen LogP contribution < -0.4 is 10.1 Å². The molecule has 0 atom stereocenters. The molecule has 0 bridgehead atoms. The normalized spacial score (nSPS) is 16.3. The second-order valence-electron chi connectivity index (χ2n) is 4.92. The third kappa shape index (κ3) is 3.58. The van der Waals surface area contributed by atoms with E-state index in [4.69, 9.17) is 17.0 Å². The first-order chi connectivity index (χ1) is 9.10. The lowest BCUT2D eigenvalue weighted by Crippen LogP contribution is -2.48. The van der Waals surface area contributed by atoms with E-state index < -0.39 is 0 Å². The van der Waals surface area contributed by atoms with Crippen LogP contribution in [0.15, 0.2) is 18.2 Å². The van der Waals surface area contributed by atoms with Crippen molar-refractivity contribution in [3.05, 3.63) is 23.8 Å². The summed E-state index contributed by atoms with van der Waals surface area (Å²) in [6.45, 7) is 6.09. The zero-order valence-electron chi connectivity index (χ0n) is 11.8. The van der Waals surface area contributed by atoms with Crippen molar-refractivity contribution in [1.29, 1.82) is 0 Å². The Hall–Kier alpha value is -1.33. The van der Waals surface area contributed by atoms with Crippen LogP contribution in [0.3, 0.4) is 0 Å². The van der Waals surface area contributed by atoms with Gasteiger partial charge in [0.15, 0.2) is 5.11 Å². The third-order valence-electron chi connectivity index (χ3n) is 3.39. The molecule has 0 aliphatic carbocycles. The number of likely N-dealkylation sites (N-methyl/N-ethyl adjacent to an activating group) is 1. The van der Waals surface area contributed by atoms with Crippen LogP contribution in [0, 0.1) is 6.92 Å². The van der Waals surface area contributed by atoms with E-state index in [1.165, 1.54) is 5.56 Å². The van der Waals surface area contributed by atoms with Gasteiger partial charge in [-0.25, -0.2) is 0 Å². The first kappa shape index (κ1) is 14.1. The summed E-state index contributed by atoms with van der Waals surface area (Å²) in [4.78, 5) is 4.52. The Kier molecular flexibility index (Phi) is 4.61. The van der Waals surface area contributed by atoms with Gasteiger partial charge in [0.05, 0.1) is 12.8 Å². The van der Waals surface area contributed by atoms with E-state index in [0.29, 0.717) is 0 Å². The molecule has 4 nitrogen and oxygen atoms in total. The van der Waals surface area contributed by atoms with Crippen molar-refractivity contribution >= 4 is 23.0 Å². The monoisotopic (exact) mass is 279 g/mol. The maximum absolute atomic E-state index is 5.49. The summed E-state index contributed by atoms with van der Waals surface area (Å²) in [5, 5.41) is 4.08. The fraction of sp³-hybridized carbons (Fsp3) is 0.500. The predicted octanol–water partition coefficient (Wildman–Crippen LogP) is 1.95. The highest BCUT2D eigenvalue weighted by molar-refractivity contribution is 7.80. The van der Waals surface area contributed by atoms with Gasteiger partial charge >= 0.3 is 0 Å². The van der Waals surface area contributed by atoms with E-state index in [1.807, 2.05) is 12.1 Å². The molecule has 0 saturated carbocycles. The molecule has 1 aromatic rings. The molecule has 0 aromatic heterocycles. The lowest BCUT2D eigenvalue weighted by atomic mass is 10.2. The number of benzene rings is 1. The van der Waals surface area contributed by atoms with Crippen LogP contribution in [0.5, 0.6) is 5.75 Å². The maximum atomic E-state index is 5.49. The van der Waals surface area contributed by atoms with E-state index in [0.717, 1.165) is 42.7 Å². The van der Waals surface area contributed by atoms with Crippen molar-refractivity contribution in [3.63, 3.8) is 0 Å². The number of aryl methyl sites for hydroxylation is 1. The molecule has 0 radical (unpaired) electrons. The molecule has 1 fully saturated rings. The molecule has 1 heterocycles. The minimum absolute atomic E-state index is 0.775. The Balaban J connectivity index is 2.04. The Labute approximate surface area is 120 Å². The van der Waals surface area contributed by atoms with Gasteiger partial charge in [0.25, 0.3) is 0 Å². The molecule has 1 aliphatic heterocycles. The summed E-state index contributed by atoms with van der Waals surface area (Å²) in [6, 6.07) is 6.05. The van der Waals surface area contributed by atoms with Crippen LogP contribution in [0.1, 0.15) is 5.56 Å². The zero-order valence-corrected chi connectivity index (χ0v) is 12.6. The van der Waals surface area contributed by atoms with E-state index >= 15 is 0 Å². The fourth-order valence-electron chi connectivity index (χ4n) is 2.12. The maximum Gasteiger partial charge on any atom is 0.173 e. The van der Waals surface area contributed by atoms with Crippen LogP contribution in [0.2, 0.25) is 0 Å². The van der Waals surface area contributed by atoms with Crippen molar-refractivity contribution in [3.8, 4) is 5.75 Å². The molecule has 104 valence electrons. The average Bonchev–Trinajstić information content (AvgIpc) is 2.39.